The van der Waals surface area contributed by atoms with Crippen LogP contribution in [0.5, 0.6) is 0 Å². The lowest BCUT2D eigenvalue weighted by Gasteiger charge is -2.36. The van der Waals surface area contributed by atoms with E-state index < -0.39 is 11.2 Å². The maximum Gasteiger partial charge on any atom is 0.294 e. The zero-order valence-electron chi connectivity index (χ0n) is 12.7. The molecule has 3 rings (SSSR count). The number of hydrogen-bond acceptors (Lipinski definition) is 6. The molecule has 1 aliphatic carbocycles. The molecule has 2 heterocycles. The third-order valence-corrected chi connectivity index (χ3v) is 4.63. The van der Waals surface area contributed by atoms with Crippen LogP contribution in [0, 0.1) is 5.21 Å². The highest BCUT2D eigenvalue weighted by Crippen LogP contribution is 2.43. The molecule has 0 amide bonds. The summed E-state index contributed by atoms with van der Waals surface area (Å²) in [6, 6.07) is 3.40. The standard InChI is InChI=1S/C15H21N3O4/c1-14(2)13(11-7-6-10-22-11)17(20)15(18(14)21)9-5-3-4-8-12(15)16-19/h6-8,10,16,19,21H,3-5,9H2,1-2H3. The summed E-state index contributed by atoms with van der Waals surface area (Å²) in [5.41, 5.74) is 0.431. The average Bonchev–Trinajstić information content (AvgIpc) is 2.96. The van der Waals surface area contributed by atoms with Crippen LogP contribution < -0.4 is 5.48 Å². The fourth-order valence-corrected chi connectivity index (χ4v) is 3.52. The molecule has 120 valence electrons. The Morgan fingerprint density at radius 3 is 2.82 bits per heavy atom. The highest BCUT2D eigenvalue weighted by Gasteiger charge is 2.65. The molecule has 1 aliphatic heterocycles. The van der Waals surface area contributed by atoms with Crippen LogP contribution in [0.15, 0.2) is 34.6 Å². The van der Waals surface area contributed by atoms with E-state index in [9.17, 15) is 15.6 Å². The fourth-order valence-electron chi connectivity index (χ4n) is 3.52. The van der Waals surface area contributed by atoms with Crippen LogP contribution in [0.1, 0.15) is 45.3 Å². The summed E-state index contributed by atoms with van der Waals surface area (Å²) in [5.74, 6) is 0.414. The fraction of sp³-hybridized carbons (Fsp3) is 0.533. The Bertz CT molecular complexity index is 621. The van der Waals surface area contributed by atoms with Crippen LogP contribution in [-0.4, -0.2) is 37.1 Å². The van der Waals surface area contributed by atoms with Gasteiger partial charge >= 0.3 is 0 Å². The lowest BCUT2D eigenvalue weighted by Crippen LogP contribution is -2.57. The van der Waals surface area contributed by atoms with Crippen LogP contribution in [0.2, 0.25) is 0 Å². The van der Waals surface area contributed by atoms with Crippen LogP contribution in [0.3, 0.4) is 0 Å². The number of furan rings is 1. The molecule has 1 unspecified atom stereocenters. The quantitative estimate of drug-likeness (QED) is 0.440. The van der Waals surface area contributed by atoms with E-state index in [0.717, 1.165) is 29.1 Å². The Hall–Kier alpha value is -1.83. The van der Waals surface area contributed by atoms with E-state index in [-0.39, 0.29) is 0 Å². The zero-order chi connectivity index (χ0) is 16.0. The molecular formula is C15H21N3O4. The minimum atomic E-state index is -1.36. The zero-order valence-corrected chi connectivity index (χ0v) is 12.7. The number of nitrogens with one attached hydrogen (secondary N) is 1. The normalized spacial score (nSPS) is 28.8. The summed E-state index contributed by atoms with van der Waals surface area (Å²) in [6.45, 7) is 3.51. The lowest BCUT2D eigenvalue weighted by molar-refractivity contribution is -0.581. The first-order chi connectivity index (χ1) is 10.5. The molecule has 3 N–H and O–H groups in total. The second kappa shape index (κ2) is 5.12. The second-order valence-electron chi connectivity index (χ2n) is 6.28. The number of nitrogens with zero attached hydrogens (tertiary/aromatic N) is 2. The van der Waals surface area contributed by atoms with Gasteiger partial charge in [0.25, 0.3) is 11.4 Å². The predicted molar refractivity (Wildman–Crippen MR) is 78.4 cm³/mol. The Labute approximate surface area is 128 Å². The van der Waals surface area contributed by atoms with Gasteiger partial charge < -0.3 is 14.8 Å². The van der Waals surface area contributed by atoms with E-state index >= 15 is 0 Å². The van der Waals surface area contributed by atoms with Crippen molar-refractivity contribution in [2.45, 2.75) is 50.7 Å². The van der Waals surface area contributed by atoms with Gasteiger partial charge in [-0.1, -0.05) is 6.08 Å². The number of hydrogen-bond donors (Lipinski definition) is 3. The summed E-state index contributed by atoms with van der Waals surface area (Å²) >= 11 is 0. The minimum absolute atomic E-state index is 0.303. The van der Waals surface area contributed by atoms with Gasteiger partial charge in [-0.3, -0.25) is 10.7 Å². The molecule has 1 aromatic rings. The third-order valence-electron chi connectivity index (χ3n) is 4.63. The molecule has 7 nitrogen and oxygen atoms in total. The molecule has 0 fully saturated rings. The monoisotopic (exact) mass is 307 g/mol. The molecule has 0 saturated carbocycles. The molecule has 0 aromatic carbocycles. The second-order valence-corrected chi connectivity index (χ2v) is 6.28. The van der Waals surface area contributed by atoms with E-state index in [1.807, 2.05) is 0 Å². The van der Waals surface area contributed by atoms with Gasteiger partial charge in [0, 0.05) is 6.42 Å². The summed E-state index contributed by atoms with van der Waals surface area (Å²) in [4.78, 5) is 0. The van der Waals surface area contributed by atoms with E-state index in [0.29, 0.717) is 23.6 Å². The number of allylic oxidation sites excluding steroid dienone is 1. The number of rotatable bonds is 2. The highest BCUT2D eigenvalue weighted by atomic mass is 16.6. The van der Waals surface area contributed by atoms with Gasteiger partial charge in [0.05, 0.1) is 6.26 Å². The largest absolute Gasteiger partial charge is 0.622 e. The Morgan fingerprint density at radius 1 is 1.41 bits per heavy atom. The van der Waals surface area contributed by atoms with Gasteiger partial charge in [-0.25, -0.2) is 0 Å². The summed E-state index contributed by atoms with van der Waals surface area (Å²) in [6.07, 6.45) is 6.06. The molecule has 1 atom stereocenters. The Morgan fingerprint density at radius 2 is 2.18 bits per heavy atom. The van der Waals surface area contributed by atoms with Crippen molar-refractivity contribution in [1.29, 1.82) is 0 Å². The molecule has 0 radical (unpaired) electrons. The van der Waals surface area contributed by atoms with Crippen molar-refractivity contribution in [3.63, 3.8) is 0 Å². The van der Waals surface area contributed by atoms with Gasteiger partial charge in [0.1, 0.15) is 11.2 Å². The molecule has 2 aliphatic rings. The van der Waals surface area contributed by atoms with Crippen molar-refractivity contribution in [3.05, 3.63) is 41.1 Å². The lowest BCUT2D eigenvalue weighted by atomic mass is 9.95. The van der Waals surface area contributed by atoms with E-state index in [2.05, 4.69) is 5.48 Å². The van der Waals surface area contributed by atoms with Crippen LogP contribution in [0.25, 0.3) is 0 Å². The molecule has 1 aromatic heterocycles. The number of hydroxylamine groups is 4. The van der Waals surface area contributed by atoms with Gasteiger partial charge in [0.2, 0.25) is 0 Å². The smallest absolute Gasteiger partial charge is 0.294 e. The highest BCUT2D eigenvalue weighted by molar-refractivity contribution is 6.02. The molecule has 0 saturated heterocycles. The van der Waals surface area contributed by atoms with Crippen molar-refractivity contribution < 1.29 is 19.6 Å². The molecular weight excluding hydrogens is 286 g/mol. The Kier molecular flexibility index (Phi) is 3.51. The molecule has 7 heteroatoms. The van der Waals surface area contributed by atoms with Gasteiger partial charge in [-0.05, 0) is 45.2 Å². The van der Waals surface area contributed by atoms with Crippen LogP contribution >= 0.6 is 0 Å². The predicted octanol–water partition coefficient (Wildman–Crippen LogP) is 2.20. The SMILES string of the molecule is CC1(C)C(c2ccco2)=[N+]([O-])C2(CCCCC=C2NO)N1O. The first-order valence-electron chi connectivity index (χ1n) is 7.45. The van der Waals surface area contributed by atoms with Gasteiger partial charge in [-0.15, -0.1) is 5.06 Å². The average molecular weight is 307 g/mol. The van der Waals surface area contributed by atoms with Crippen molar-refractivity contribution in [3.8, 4) is 0 Å². The molecule has 0 bridgehead atoms. The summed E-state index contributed by atoms with van der Waals surface area (Å²) in [7, 11) is 0. The third kappa shape index (κ3) is 1.83. The van der Waals surface area contributed by atoms with Gasteiger partial charge in [-0.2, -0.15) is 4.74 Å². The molecule has 22 heavy (non-hydrogen) atoms. The summed E-state index contributed by atoms with van der Waals surface area (Å²) in [5, 5.41) is 34.5. The van der Waals surface area contributed by atoms with E-state index in [1.165, 1.54) is 6.26 Å². The van der Waals surface area contributed by atoms with Crippen molar-refractivity contribution in [1.82, 2.24) is 10.5 Å². The van der Waals surface area contributed by atoms with Crippen molar-refractivity contribution in [2.75, 3.05) is 0 Å². The van der Waals surface area contributed by atoms with E-state index in [4.69, 9.17) is 4.42 Å². The maximum atomic E-state index is 13.2. The van der Waals surface area contributed by atoms with Crippen LogP contribution in [0.4, 0.5) is 0 Å². The first-order valence-corrected chi connectivity index (χ1v) is 7.45. The van der Waals surface area contributed by atoms with E-state index in [1.54, 1.807) is 32.1 Å². The topological polar surface area (TPSA) is 94.9 Å². The molecule has 1 spiro atoms. The maximum absolute atomic E-state index is 13.2. The van der Waals surface area contributed by atoms with Crippen molar-refractivity contribution in [2.24, 2.45) is 0 Å². The van der Waals surface area contributed by atoms with Gasteiger partial charge in [0.15, 0.2) is 5.76 Å². The summed E-state index contributed by atoms with van der Waals surface area (Å²) < 4.78 is 6.16. The van der Waals surface area contributed by atoms with Crippen molar-refractivity contribution >= 4 is 5.71 Å². The Balaban J connectivity index is 2.23. The van der Waals surface area contributed by atoms with Crippen LogP contribution in [-0.2, 0) is 0 Å². The minimum Gasteiger partial charge on any atom is -0.622 e. The first kappa shape index (κ1) is 15.1.